The molecule has 6 aromatic carbocycles. The van der Waals surface area contributed by atoms with Crippen LogP contribution in [0.1, 0.15) is 0 Å². The predicted molar refractivity (Wildman–Crippen MR) is 138 cm³/mol. The Morgan fingerprint density at radius 2 is 0.750 bits per heavy atom. The van der Waals surface area contributed by atoms with Gasteiger partial charge >= 0.3 is 28.4 Å². The van der Waals surface area contributed by atoms with Crippen molar-refractivity contribution < 1.29 is 24.2 Å². The normalized spacial score (nSPS) is 9.56. The second-order valence-electron chi connectivity index (χ2n) is 7.04. The maximum atomic E-state index is 3.34. The molecular formula is C31H26Zr. The fourth-order valence-electron chi connectivity index (χ4n) is 3.40. The fraction of sp³-hybridized carbons (Fsp3) is 0. The van der Waals surface area contributed by atoms with Gasteiger partial charge in [0.15, 0.2) is 0 Å². The summed E-state index contributed by atoms with van der Waals surface area (Å²) in [6, 6.07) is 50.1. The minimum atomic E-state index is 1.28. The summed E-state index contributed by atoms with van der Waals surface area (Å²) in [7, 11) is 0. The van der Waals surface area contributed by atoms with E-state index in [2.05, 4.69) is 138 Å². The molecule has 0 unspecified atom stereocenters. The molecule has 6 aromatic rings. The van der Waals surface area contributed by atoms with Crippen molar-refractivity contribution in [3.05, 3.63) is 146 Å². The van der Waals surface area contributed by atoms with E-state index in [1.807, 2.05) is 12.1 Å². The first kappa shape index (κ1) is 23.5. The average Bonchev–Trinajstić information content (AvgIpc) is 3.57. The minimum absolute atomic E-state index is 1.28. The van der Waals surface area contributed by atoms with E-state index < -0.39 is 0 Å². The Bertz CT molecular complexity index is 1130. The van der Waals surface area contributed by atoms with Crippen molar-refractivity contribution in [3.63, 3.8) is 0 Å². The maximum absolute atomic E-state index is 3.34. The van der Waals surface area contributed by atoms with Gasteiger partial charge in [0.1, 0.15) is 0 Å². The number of rotatable bonds is 1. The van der Waals surface area contributed by atoms with E-state index in [0.29, 0.717) is 0 Å². The largest absolute Gasteiger partial charge is 0.168 e. The summed E-state index contributed by atoms with van der Waals surface area (Å²) in [5.74, 6) is 0. The van der Waals surface area contributed by atoms with Crippen LogP contribution in [0.2, 0.25) is 0 Å². The van der Waals surface area contributed by atoms with Gasteiger partial charge in [0, 0.05) is 0 Å². The van der Waals surface area contributed by atoms with Gasteiger partial charge in [-0.2, -0.15) is 35.0 Å². The summed E-state index contributed by atoms with van der Waals surface area (Å²) < 4.78 is 3.34. The van der Waals surface area contributed by atoms with E-state index in [1.165, 1.54) is 56.9 Å². The second-order valence-corrected chi connectivity index (χ2v) is 7.04. The first-order valence-electron chi connectivity index (χ1n) is 10.6. The smallest absolute Gasteiger partial charge is 0.0184 e. The van der Waals surface area contributed by atoms with Gasteiger partial charge in [-0.3, -0.25) is 0 Å². The molecule has 0 heterocycles. The Morgan fingerprint density at radius 1 is 0.406 bits per heavy atom. The Labute approximate surface area is 205 Å². The summed E-state index contributed by atoms with van der Waals surface area (Å²) in [4.78, 5) is 0. The van der Waals surface area contributed by atoms with Gasteiger partial charge in [-0.25, -0.2) is 0 Å². The van der Waals surface area contributed by atoms with Crippen molar-refractivity contribution in [1.82, 2.24) is 0 Å². The molecule has 1 heteroatoms. The quantitative estimate of drug-likeness (QED) is 0.203. The molecule has 0 radical (unpaired) electrons. The van der Waals surface area contributed by atoms with E-state index in [1.54, 1.807) is 0 Å². The molecule has 0 saturated heterocycles. The maximum Gasteiger partial charge on any atom is -0.0184 e. The van der Waals surface area contributed by atoms with E-state index in [9.17, 15) is 0 Å². The molecule has 0 bridgehead atoms. The molecule has 32 heavy (non-hydrogen) atoms. The van der Waals surface area contributed by atoms with Crippen LogP contribution in [-0.2, 0) is 24.2 Å². The molecular weight excluding hydrogens is 464 g/mol. The molecule has 0 atom stereocenters. The molecule has 0 N–H and O–H groups in total. The van der Waals surface area contributed by atoms with Gasteiger partial charge in [0.05, 0.1) is 0 Å². The summed E-state index contributed by atoms with van der Waals surface area (Å²) in [5, 5.41) is 5.32. The Balaban J connectivity index is 0.000000132. The molecule has 0 saturated carbocycles. The van der Waals surface area contributed by atoms with Gasteiger partial charge < -0.3 is 0 Å². The summed E-state index contributed by atoms with van der Waals surface area (Å²) in [5.41, 5.74) is 2.55. The van der Waals surface area contributed by atoms with Crippen LogP contribution in [0.5, 0.6) is 0 Å². The van der Waals surface area contributed by atoms with Gasteiger partial charge in [0.25, 0.3) is 0 Å². The monoisotopic (exact) mass is 488 g/mol. The molecule has 0 amide bonds. The number of hydrogen-bond donors (Lipinski definition) is 0. The van der Waals surface area contributed by atoms with Gasteiger partial charge in [-0.05, 0) is 11.1 Å². The Morgan fingerprint density at radius 3 is 1.12 bits per heavy atom. The van der Waals surface area contributed by atoms with Crippen molar-refractivity contribution in [2.75, 3.05) is 0 Å². The number of hydrogen-bond acceptors (Lipinski definition) is 0. The van der Waals surface area contributed by atoms with Crippen molar-refractivity contribution in [2.45, 2.75) is 0 Å². The van der Waals surface area contributed by atoms with Crippen molar-refractivity contribution in [2.24, 2.45) is 0 Å². The van der Waals surface area contributed by atoms with Gasteiger partial charge in [-0.1, -0.05) is 72.8 Å². The molecule has 0 aliphatic heterocycles. The molecule has 0 aliphatic carbocycles. The predicted octanol–water partition coefficient (Wildman–Crippen LogP) is 8.44. The Kier molecular flexibility index (Phi) is 9.78. The van der Waals surface area contributed by atoms with Gasteiger partial charge in [-0.15, -0.1) is 59.3 Å². The van der Waals surface area contributed by atoms with Crippen LogP contribution in [0.4, 0.5) is 0 Å². The van der Waals surface area contributed by atoms with E-state index in [4.69, 9.17) is 0 Å². The van der Waals surface area contributed by atoms with Gasteiger partial charge in [0.2, 0.25) is 0 Å². The van der Waals surface area contributed by atoms with Crippen LogP contribution in [0.15, 0.2) is 146 Å². The third-order valence-corrected chi connectivity index (χ3v) is 4.98. The first-order chi connectivity index (χ1) is 15.9. The van der Waals surface area contributed by atoms with E-state index in [0.717, 1.165) is 0 Å². The summed E-state index contributed by atoms with van der Waals surface area (Å²) in [6.07, 6.45) is 0. The van der Waals surface area contributed by atoms with Crippen molar-refractivity contribution >= 4 is 25.8 Å². The standard InChI is InChI=1S/C12H10.2C9H7.CH2.Zr/c1-3-7-11(8-4-1)12-9-5-2-6-10-12;2*1-2-5-9-7-3-6-8(9)4-1;;/h1-10H;2*1-7H;1H2;/q;2*-1;;+2. The van der Waals surface area contributed by atoms with Crippen LogP contribution < -0.4 is 0 Å². The van der Waals surface area contributed by atoms with Crippen LogP contribution in [0.3, 0.4) is 0 Å². The zero-order chi connectivity index (χ0) is 22.4. The van der Waals surface area contributed by atoms with Crippen LogP contribution in [0.25, 0.3) is 32.7 Å². The third-order valence-electron chi connectivity index (χ3n) is 4.98. The fourth-order valence-corrected chi connectivity index (χ4v) is 3.40. The molecule has 0 aliphatic rings. The van der Waals surface area contributed by atoms with Crippen LogP contribution in [0, 0.1) is 0 Å². The SMILES string of the molecule is [CH2]=[Zr+2].c1ccc(-c2ccccc2)cc1.c1ccc2[cH-]ccc2c1.c1ccc2[cH-]ccc2c1. The van der Waals surface area contributed by atoms with Crippen LogP contribution in [-0.4, -0.2) is 4.21 Å². The van der Waals surface area contributed by atoms with Crippen molar-refractivity contribution in [1.29, 1.82) is 0 Å². The van der Waals surface area contributed by atoms with E-state index in [-0.39, 0.29) is 0 Å². The molecule has 0 nitrogen and oxygen atoms in total. The molecule has 0 aromatic heterocycles. The Hall–Kier alpha value is -3.15. The minimum Gasteiger partial charge on any atom is -0.168 e. The van der Waals surface area contributed by atoms with Crippen LogP contribution >= 0.6 is 0 Å². The second kappa shape index (κ2) is 13.3. The van der Waals surface area contributed by atoms with Crippen molar-refractivity contribution in [3.8, 4) is 11.1 Å². The van der Waals surface area contributed by atoms with E-state index >= 15 is 0 Å². The zero-order valence-electron chi connectivity index (χ0n) is 18.1. The zero-order valence-corrected chi connectivity index (χ0v) is 20.5. The average molecular weight is 490 g/mol. The molecule has 0 spiro atoms. The third kappa shape index (κ3) is 6.94. The molecule has 154 valence electrons. The number of benzene rings is 4. The topological polar surface area (TPSA) is 0 Å². The summed E-state index contributed by atoms with van der Waals surface area (Å²) >= 11 is 1.30. The molecule has 0 fully saturated rings. The summed E-state index contributed by atoms with van der Waals surface area (Å²) in [6.45, 7) is 0. The number of fused-ring (bicyclic) bond motifs is 2. The molecule has 6 rings (SSSR count). The first-order valence-corrected chi connectivity index (χ1v) is 12.3.